The molecule has 0 aromatic carbocycles. The van der Waals surface area contributed by atoms with Crippen molar-refractivity contribution in [3.05, 3.63) is 0 Å². The Morgan fingerprint density at radius 2 is 0.571 bits per heavy atom. The van der Waals surface area contributed by atoms with Gasteiger partial charge in [0.1, 0.15) is 0 Å². The number of nitrogens with two attached hydrogens (primary N) is 4. The van der Waals surface area contributed by atoms with E-state index in [1.54, 1.807) is 0 Å². The summed E-state index contributed by atoms with van der Waals surface area (Å²) in [6.45, 7) is -1.56. The van der Waals surface area contributed by atoms with Crippen LogP contribution in [0.15, 0.2) is 0 Å². The van der Waals surface area contributed by atoms with E-state index < -0.39 is 23.9 Å². The van der Waals surface area contributed by atoms with Crippen molar-refractivity contribution in [1.29, 1.82) is 0 Å². The second-order valence-corrected chi connectivity index (χ2v) is 2.30. The quantitative estimate of drug-likeness (QED) is 0.312. The summed E-state index contributed by atoms with van der Waals surface area (Å²) in [6, 6.07) is 0. The fourth-order valence-electron chi connectivity index (χ4n) is 0. The van der Waals surface area contributed by atoms with Crippen molar-refractivity contribution in [2.45, 2.75) is 0 Å². The van der Waals surface area contributed by atoms with Crippen molar-refractivity contribution in [2.75, 3.05) is 26.2 Å². The van der Waals surface area contributed by atoms with Crippen LogP contribution in [0.1, 0.15) is 0 Å². The normalized spacial score (nSPS) is 7.05. The number of hydrogen-bond donors (Lipinski definition) is 4. The van der Waals surface area contributed by atoms with Crippen molar-refractivity contribution >= 4 is 47.8 Å². The largest absolute Gasteiger partial charge is 4.00 e. The smallest absolute Gasteiger partial charge is 0.549 e. The molecule has 0 aliphatic heterocycles. The zero-order valence-electron chi connectivity index (χ0n) is 10.9. The first-order valence-corrected chi connectivity index (χ1v) is 4.68. The van der Waals surface area contributed by atoms with E-state index in [1.165, 1.54) is 0 Å². The van der Waals surface area contributed by atoms with Crippen molar-refractivity contribution < 1.29 is 39.6 Å². The van der Waals surface area contributed by atoms with Gasteiger partial charge in [0.25, 0.3) is 0 Å². The van der Waals surface area contributed by atoms with Crippen LogP contribution in [-0.2, 0) is 19.2 Å². The maximum Gasteiger partial charge on any atom is 4.00 e. The minimum atomic E-state index is -1.22. The minimum Gasteiger partial charge on any atom is -0.549 e. The molecular formula is C8H16N4O8Sn. The van der Waals surface area contributed by atoms with E-state index >= 15 is 0 Å². The van der Waals surface area contributed by atoms with Crippen LogP contribution >= 0.6 is 0 Å². The van der Waals surface area contributed by atoms with Gasteiger partial charge < -0.3 is 62.5 Å². The van der Waals surface area contributed by atoms with Gasteiger partial charge in [0.15, 0.2) is 0 Å². The zero-order valence-corrected chi connectivity index (χ0v) is 13.8. The summed E-state index contributed by atoms with van der Waals surface area (Å²) >= 11 is 0. The Kier molecular flexibility index (Phi) is 40.8. The summed E-state index contributed by atoms with van der Waals surface area (Å²) in [6.07, 6.45) is 0. The maximum absolute atomic E-state index is 9.13. The average Bonchev–Trinajstić information content (AvgIpc) is 2.40. The van der Waals surface area contributed by atoms with E-state index in [0.717, 1.165) is 0 Å². The molecule has 21 heavy (non-hydrogen) atoms. The number of rotatable bonds is 4. The number of carbonyl (C=O) groups is 4. The van der Waals surface area contributed by atoms with Gasteiger partial charge in [-0.15, -0.1) is 0 Å². The van der Waals surface area contributed by atoms with Crippen molar-refractivity contribution in [3.8, 4) is 0 Å². The first-order chi connectivity index (χ1) is 9.08. The van der Waals surface area contributed by atoms with Crippen LogP contribution in [0.3, 0.4) is 0 Å². The number of carboxylic acids is 4. The summed E-state index contributed by atoms with van der Waals surface area (Å²) < 4.78 is 0. The fraction of sp³-hybridized carbons (Fsp3) is 0.500. The molecule has 8 N–H and O–H groups in total. The Morgan fingerprint density at radius 1 is 0.524 bits per heavy atom. The molecule has 0 saturated heterocycles. The molecule has 0 aromatic heterocycles. The molecule has 0 aromatic rings. The molecule has 0 radical (unpaired) electrons. The molecule has 0 rings (SSSR count). The molecule has 120 valence electrons. The third-order valence-corrected chi connectivity index (χ3v) is 0.667. The molecule has 13 heteroatoms. The zero-order chi connectivity index (χ0) is 17.1. The molecule has 0 spiro atoms. The van der Waals surface area contributed by atoms with E-state index in [1.807, 2.05) is 0 Å². The molecule has 0 aliphatic rings. The predicted octanol–water partition coefficient (Wildman–Crippen LogP) is -9.60. The van der Waals surface area contributed by atoms with Gasteiger partial charge >= 0.3 is 23.9 Å². The van der Waals surface area contributed by atoms with Crippen LogP contribution in [0, 0.1) is 0 Å². The predicted molar refractivity (Wildman–Crippen MR) is 62.0 cm³/mol. The monoisotopic (exact) mass is 416 g/mol. The Hall–Kier alpha value is -1.48. The second kappa shape index (κ2) is 27.0. The first kappa shape index (κ1) is 31.8. The number of aliphatic carboxylic acids is 4. The Labute approximate surface area is 137 Å². The fourth-order valence-corrected chi connectivity index (χ4v) is 0. The molecule has 0 unspecified atom stereocenters. The van der Waals surface area contributed by atoms with E-state index in [9.17, 15) is 0 Å². The summed E-state index contributed by atoms with van der Waals surface area (Å²) in [5.41, 5.74) is 18.0. The van der Waals surface area contributed by atoms with Gasteiger partial charge in [-0.05, 0) is 0 Å². The van der Waals surface area contributed by atoms with E-state index in [0.29, 0.717) is 0 Å². The van der Waals surface area contributed by atoms with Crippen molar-refractivity contribution in [1.82, 2.24) is 0 Å². The summed E-state index contributed by atoms with van der Waals surface area (Å²) in [4.78, 5) is 36.5. The molecule has 0 bridgehead atoms. The van der Waals surface area contributed by atoms with Crippen LogP contribution in [0.2, 0.25) is 0 Å². The topological polar surface area (TPSA) is 265 Å². The number of hydrogen-bond acceptors (Lipinski definition) is 12. The van der Waals surface area contributed by atoms with Crippen LogP contribution in [0.4, 0.5) is 0 Å². The summed E-state index contributed by atoms with van der Waals surface area (Å²) in [5.74, 6) is -4.87. The van der Waals surface area contributed by atoms with Gasteiger partial charge in [0, 0.05) is 26.2 Å². The SMILES string of the molecule is NCC(=O)[O-].NCC(=O)[O-].NCC(=O)[O-].NCC(=O)[O-].[Sn+4]. The van der Waals surface area contributed by atoms with Crippen LogP contribution in [0.5, 0.6) is 0 Å². The van der Waals surface area contributed by atoms with Crippen molar-refractivity contribution in [3.63, 3.8) is 0 Å². The van der Waals surface area contributed by atoms with Crippen LogP contribution in [0.25, 0.3) is 0 Å². The second-order valence-electron chi connectivity index (χ2n) is 2.30. The molecule has 12 nitrogen and oxygen atoms in total. The van der Waals surface area contributed by atoms with Gasteiger partial charge in [-0.1, -0.05) is 0 Å². The van der Waals surface area contributed by atoms with E-state index in [-0.39, 0.29) is 50.1 Å². The van der Waals surface area contributed by atoms with Gasteiger partial charge in [-0.3, -0.25) is 0 Å². The Balaban J connectivity index is -0.0000000533. The van der Waals surface area contributed by atoms with Gasteiger partial charge in [0.2, 0.25) is 0 Å². The maximum atomic E-state index is 9.13. The van der Waals surface area contributed by atoms with E-state index in [2.05, 4.69) is 22.9 Å². The van der Waals surface area contributed by atoms with Gasteiger partial charge in [-0.25, -0.2) is 0 Å². The molecule has 0 aliphatic carbocycles. The molecule has 0 amide bonds. The van der Waals surface area contributed by atoms with Gasteiger partial charge in [0.05, 0.1) is 23.9 Å². The Morgan fingerprint density at radius 3 is 0.571 bits per heavy atom. The summed E-state index contributed by atoms with van der Waals surface area (Å²) in [7, 11) is 0. The molecule has 0 fully saturated rings. The molecule has 0 heterocycles. The third kappa shape index (κ3) is 119. The molecular weight excluding hydrogens is 399 g/mol. The van der Waals surface area contributed by atoms with Crippen molar-refractivity contribution in [2.24, 2.45) is 22.9 Å². The average molecular weight is 415 g/mol. The first-order valence-electron chi connectivity index (χ1n) is 4.68. The molecule has 0 atom stereocenters. The number of carboxylic acid groups (broad SMARTS) is 4. The van der Waals surface area contributed by atoms with Crippen LogP contribution in [-0.4, -0.2) is 74.0 Å². The minimum absolute atomic E-state index is 0. The summed E-state index contributed by atoms with van der Waals surface area (Å²) in [5, 5.41) is 36.5. The third-order valence-electron chi connectivity index (χ3n) is 0.667. The van der Waals surface area contributed by atoms with Crippen LogP contribution < -0.4 is 43.4 Å². The van der Waals surface area contributed by atoms with E-state index in [4.69, 9.17) is 39.6 Å². The number of carbonyl (C=O) groups excluding carboxylic acids is 4. The van der Waals surface area contributed by atoms with Gasteiger partial charge in [-0.2, -0.15) is 0 Å². The standard InChI is InChI=1S/4C2H5NO2.Sn/c4*3-1-2(4)5;/h4*1,3H2,(H,4,5);/q;;;;+4/p-4. The Bertz CT molecular complexity index is 233. The molecule has 0 saturated carbocycles.